The Morgan fingerprint density at radius 1 is 1.19 bits per heavy atom. The average Bonchev–Trinajstić information content (AvgIpc) is 2.30. The van der Waals surface area contributed by atoms with E-state index in [4.69, 9.17) is 15.2 Å². The quantitative estimate of drug-likeness (QED) is 0.681. The van der Waals surface area contributed by atoms with E-state index in [1.54, 1.807) is 7.11 Å². The Morgan fingerprint density at radius 3 is 2.44 bits per heavy atom. The Morgan fingerprint density at radius 2 is 1.88 bits per heavy atom. The molecule has 1 aliphatic rings. The number of nitrogens with two attached hydrogens (primary N) is 1. The van der Waals surface area contributed by atoms with E-state index >= 15 is 0 Å². The van der Waals surface area contributed by atoms with Gasteiger partial charge in [-0.15, -0.1) is 0 Å². The van der Waals surface area contributed by atoms with Crippen molar-refractivity contribution in [3.8, 4) is 0 Å². The third-order valence-corrected chi connectivity index (χ3v) is 3.85. The number of methoxy groups -OCH3 is 1. The third kappa shape index (κ3) is 4.81. The van der Waals surface area contributed by atoms with Crippen molar-refractivity contribution >= 4 is 0 Å². The van der Waals surface area contributed by atoms with E-state index in [9.17, 15) is 0 Å². The van der Waals surface area contributed by atoms with Crippen molar-refractivity contribution in [2.75, 3.05) is 26.9 Å². The Bertz CT molecular complexity index is 177. The van der Waals surface area contributed by atoms with Crippen LogP contribution in [0.1, 0.15) is 45.4 Å². The first kappa shape index (κ1) is 13.9. The highest BCUT2D eigenvalue weighted by Gasteiger charge is 2.30. The number of ether oxygens (including phenoxy) is 2. The van der Waals surface area contributed by atoms with Gasteiger partial charge in [-0.2, -0.15) is 0 Å². The summed E-state index contributed by atoms with van der Waals surface area (Å²) < 4.78 is 10.4. The van der Waals surface area contributed by atoms with Crippen LogP contribution in [0.5, 0.6) is 0 Å². The molecule has 0 atom stereocenters. The van der Waals surface area contributed by atoms with Gasteiger partial charge in [-0.05, 0) is 38.0 Å². The van der Waals surface area contributed by atoms with Crippen molar-refractivity contribution in [2.24, 2.45) is 11.7 Å². The Hall–Kier alpha value is -0.120. The number of rotatable bonds is 7. The fourth-order valence-electron chi connectivity index (χ4n) is 2.43. The van der Waals surface area contributed by atoms with Gasteiger partial charge in [0.2, 0.25) is 0 Å². The van der Waals surface area contributed by atoms with E-state index in [0.717, 1.165) is 18.9 Å². The summed E-state index contributed by atoms with van der Waals surface area (Å²) in [5.74, 6) is 0.908. The highest BCUT2D eigenvalue weighted by Crippen LogP contribution is 2.33. The first-order valence-electron chi connectivity index (χ1n) is 6.56. The minimum Gasteiger partial charge on any atom is -0.382 e. The lowest BCUT2D eigenvalue weighted by Gasteiger charge is -2.37. The van der Waals surface area contributed by atoms with Crippen LogP contribution < -0.4 is 5.73 Å². The van der Waals surface area contributed by atoms with Crippen molar-refractivity contribution in [3.05, 3.63) is 0 Å². The van der Waals surface area contributed by atoms with E-state index < -0.39 is 0 Å². The molecular formula is C13H27NO2. The van der Waals surface area contributed by atoms with Crippen molar-refractivity contribution in [1.82, 2.24) is 0 Å². The zero-order chi connectivity index (χ0) is 11.9. The molecule has 1 aliphatic carbocycles. The first-order valence-corrected chi connectivity index (χ1v) is 6.56. The van der Waals surface area contributed by atoms with Crippen molar-refractivity contribution in [1.29, 1.82) is 0 Å². The van der Waals surface area contributed by atoms with Crippen LogP contribution in [0.25, 0.3) is 0 Å². The highest BCUT2D eigenvalue weighted by atomic mass is 16.5. The molecule has 16 heavy (non-hydrogen) atoms. The molecule has 1 saturated carbocycles. The third-order valence-electron chi connectivity index (χ3n) is 3.85. The van der Waals surface area contributed by atoms with Crippen LogP contribution in [0.4, 0.5) is 0 Å². The summed E-state index contributed by atoms with van der Waals surface area (Å²) in [5, 5.41) is 0. The van der Waals surface area contributed by atoms with E-state index in [-0.39, 0.29) is 5.54 Å². The Balaban J connectivity index is 2.11. The highest BCUT2D eigenvalue weighted by molar-refractivity contribution is 4.89. The molecule has 0 spiro atoms. The van der Waals surface area contributed by atoms with Crippen molar-refractivity contribution in [2.45, 2.75) is 51.0 Å². The maximum absolute atomic E-state index is 6.38. The molecule has 0 radical (unpaired) electrons. The summed E-state index contributed by atoms with van der Waals surface area (Å²) in [6.45, 7) is 4.42. The predicted molar refractivity (Wildman–Crippen MR) is 66.5 cm³/mol. The molecule has 1 rings (SSSR count). The SMILES string of the molecule is CCC1CCC(N)(CCOCCOC)CC1. The van der Waals surface area contributed by atoms with Crippen LogP contribution in [0.15, 0.2) is 0 Å². The second-order valence-electron chi connectivity index (χ2n) is 5.07. The molecule has 1 fully saturated rings. The van der Waals surface area contributed by atoms with Gasteiger partial charge in [-0.3, -0.25) is 0 Å². The van der Waals surface area contributed by atoms with E-state index in [2.05, 4.69) is 6.92 Å². The summed E-state index contributed by atoms with van der Waals surface area (Å²) in [6.07, 6.45) is 7.22. The Labute approximate surface area is 99.7 Å². The molecule has 0 unspecified atom stereocenters. The second-order valence-corrected chi connectivity index (χ2v) is 5.07. The van der Waals surface area contributed by atoms with Crippen LogP contribution in [0.2, 0.25) is 0 Å². The topological polar surface area (TPSA) is 44.5 Å². The molecule has 0 aromatic heterocycles. The van der Waals surface area contributed by atoms with Crippen molar-refractivity contribution < 1.29 is 9.47 Å². The molecule has 0 amide bonds. The molecule has 0 saturated heterocycles. The standard InChI is InChI=1S/C13H27NO2/c1-3-12-4-6-13(14,7-5-12)8-9-16-11-10-15-2/h12H,3-11,14H2,1-2H3. The number of hydrogen-bond acceptors (Lipinski definition) is 3. The minimum absolute atomic E-state index is 0.0404. The lowest BCUT2D eigenvalue weighted by Crippen LogP contribution is -2.44. The minimum atomic E-state index is 0.0404. The van der Waals surface area contributed by atoms with Gasteiger partial charge in [0.1, 0.15) is 0 Å². The van der Waals surface area contributed by atoms with E-state index in [1.165, 1.54) is 32.1 Å². The van der Waals surface area contributed by atoms with Crippen LogP contribution in [-0.2, 0) is 9.47 Å². The summed E-state index contributed by atoms with van der Waals surface area (Å²) in [7, 11) is 1.69. The largest absolute Gasteiger partial charge is 0.382 e. The van der Waals surface area contributed by atoms with E-state index in [1.807, 2.05) is 0 Å². The molecule has 2 N–H and O–H groups in total. The average molecular weight is 229 g/mol. The summed E-state index contributed by atoms with van der Waals surface area (Å²) in [4.78, 5) is 0. The van der Waals surface area contributed by atoms with Gasteiger partial charge in [-0.25, -0.2) is 0 Å². The van der Waals surface area contributed by atoms with Gasteiger partial charge in [0.05, 0.1) is 13.2 Å². The molecule has 0 bridgehead atoms. The van der Waals surface area contributed by atoms with Crippen LogP contribution in [0.3, 0.4) is 0 Å². The second kappa shape index (κ2) is 7.25. The molecule has 3 heteroatoms. The maximum Gasteiger partial charge on any atom is 0.0700 e. The van der Waals surface area contributed by atoms with Crippen LogP contribution >= 0.6 is 0 Å². The maximum atomic E-state index is 6.38. The van der Waals surface area contributed by atoms with Gasteiger partial charge >= 0.3 is 0 Å². The molecule has 0 aliphatic heterocycles. The molecule has 96 valence electrons. The molecule has 0 aromatic rings. The van der Waals surface area contributed by atoms with Gasteiger partial charge < -0.3 is 15.2 Å². The summed E-state index contributed by atoms with van der Waals surface area (Å²) in [5.41, 5.74) is 6.42. The van der Waals surface area contributed by atoms with Crippen LogP contribution in [-0.4, -0.2) is 32.5 Å². The lowest BCUT2D eigenvalue weighted by atomic mass is 9.75. The normalized spacial score (nSPS) is 30.6. The Kier molecular flexibility index (Phi) is 6.32. The number of hydrogen-bond donors (Lipinski definition) is 1. The fraction of sp³-hybridized carbons (Fsp3) is 1.00. The molecule has 3 nitrogen and oxygen atoms in total. The van der Waals surface area contributed by atoms with Gasteiger partial charge in [0.25, 0.3) is 0 Å². The van der Waals surface area contributed by atoms with Gasteiger partial charge in [0.15, 0.2) is 0 Å². The van der Waals surface area contributed by atoms with Crippen molar-refractivity contribution in [3.63, 3.8) is 0 Å². The summed E-state index contributed by atoms with van der Waals surface area (Å²) >= 11 is 0. The zero-order valence-corrected chi connectivity index (χ0v) is 10.8. The molecule has 0 aromatic carbocycles. The van der Waals surface area contributed by atoms with E-state index in [0.29, 0.717) is 13.2 Å². The smallest absolute Gasteiger partial charge is 0.0700 e. The lowest BCUT2D eigenvalue weighted by molar-refractivity contribution is 0.0552. The summed E-state index contributed by atoms with van der Waals surface area (Å²) in [6, 6.07) is 0. The fourth-order valence-corrected chi connectivity index (χ4v) is 2.43. The van der Waals surface area contributed by atoms with Gasteiger partial charge in [-0.1, -0.05) is 13.3 Å². The molecule has 0 heterocycles. The van der Waals surface area contributed by atoms with Gasteiger partial charge in [0, 0.05) is 19.3 Å². The zero-order valence-electron chi connectivity index (χ0n) is 10.8. The molecular weight excluding hydrogens is 202 g/mol. The monoisotopic (exact) mass is 229 g/mol. The van der Waals surface area contributed by atoms with Crippen LogP contribution in [0, 0.1) is 5.92 Å². The first-order chi connectivity index (χ1) is 7.70. The predicted octanol–water partition coefficient (Wildman–Crippen LogP) is 2.34.